The van der Waals surface area contributed by atoms with Crippen LogP contribution in [0.5, 0.6) is 0 Å². The van der Waals surface area contributed by atoms with Gasteiger partial charge in [0.15, 0.2) is 0 Å². The van der Waals surface area contributed by atoms with Gasteiger partial charge in [-0.3, -0.25) is 0 Å². The van der Waals surface area contributed by atoms with Crippen molar-refractivity contribution >= 4 is 35.1 Å². The van der Waals surface area contributed by atoms with E-state index in [-0.39, 0.29) is 18.3 Å². The van der Waals surface area contributed by atoms with E-state index < -0.39 is 0 Å². The molecule has 0 atom stereocenters. The van der Waals surface area contributed by atoms with E-state index in [4.69, 9.17) is 20.9 Å². The first-order valence-corrected chi connectivity index (χ1v) is 6.80. The van der Waals surface area contributed by atoms with Gasteiger partial charge in [-0.1, -0.05) is 11.6 Å². The smallest absolute Gasteiger partial charge is 0.399 e. The van der Waals surface area contributed by atoms with Gasteiger partial charge < -0.3 is 14.3 Å². The standard InChI is InChI=1S/C14H17BClNO2/c1-13(2)14(3,4)19-15(18-13)11-8-17-12-6-5-9(16)7-10(11)12/h5-8,17H,1-4H3. The summed E-state index contributed by atoms with van der Waals surface area (Å²) in [6, 6.07) is 5.77. The summed E-state index contributed by atoms with van der Waals surface area (Å²) in [6.07, 6.45) is 1.93. The summed E-state index contributed by atoms with van der Waals surface area (Å²) in [5, 5.41) is 1.76. The number of nitrogens with one attached hydrogen (secondary N) is 1. The molecular formula is C14H17BClNO2. The zero-order chi connectivity index (χ0) is 13.8. The van der Waals surface area contributed by atoms with E-state index in [1.54, 1.807) is 0 Å². The number of aromatic amines is 1. The number of benzene rings is 1. The van der Waals surface area contributed by atoms with Crippen LogP contribution in [-0.4, -0.2) is 23.3 Å². The molecule has 5 heteroatoms. The predicted octanol–water partition coefficient (Wildman–Crippen LogP) is 3.12. The molecule has 1 aliphatic rings. The minimum absolute atomic E-state index is 0.333. The highest BCUT2D eigenvalue weighted by Gasteiger charge is 2.52. The Morgan fingerprint density at radius 2 is 1.74 bits per heavy atom. The quantitative estimate of drug-likeness (QED) is 0.813. The van der Waals surface area contributed by atoms with Gasteiger partial charge in [-0.15, -0.1) is 0 Å². The lowest BCUT2D eigenvalue weighted by molar-refractivity contribution is 0.00578. The molecule has 1 aliphatic heterocycles. The molecule has 2 aromatic rings. The zero-order valence-corrected chi connectivity index (χ0v) is 12.3. The summed E-state index contributed by atoms with van der Waals surface area (Å²) >= 11 is 6.07. The normalized spacial score (nSPS) is 21.2. The molecule has 0 bridgehead atoms. The summed E-state index contributed by atoms with van der Waals surface area (Å²) in [7, 11) is -0.364. The molecule has 1 fully saturated rings. The molecule has 3 rings (SSSR count). The fourth-order valence-corrected chi connectivity index (χ4v) is 2.45. The molecule has 1 N–H and O–H groups in total. The van der Waals surface area contributed by atoms with Crippen LogP contribution in [0.25, 0.3) is 10.9 Å². The number of rotatable bonds is 1. The van der Waals surface area contributed by atoms with Crippen LogP contribution in [0.4, 0.5) is 0 Å². The third kappa shape index (κ3) is 1.99. The summed E-state index contributed by atoms with van der Waals surface area (Å²) in [5.74, 6) is 0. The molecule has 1 saturated heterocycles. The lowest BCUT2D eigenvalue weighted by Gasteiger charge is -2.32. The Morgan fingerprint density at radius 1 is 1.11 bits per heavy atom. The largest absolute Gasteiger partial charge is 0.497 e. The Morgan fingerprint density at radius 3 is 2.37 bits per heavy atom. The third-order valence-corrected chi connectivity index (χ3v) is 4.42. The second kappa shape index (κ2) is 4.01. The van der Waals surface area contributed by atoms with Crippen LogP contribution >= 0.6 is 11.6 Å². The molecular weight excluding hydrogens is 260 g/mol. The Balaban J connectivity index is 2.05. The number of fused-ring (bicyclic) bond motifs is 1. The van der Waals surface area contributed by atoms with Gasteiger partial charge in [0.2, 0.25) is 0 Å². The highest BCUT2D eigenvalue weighted by molar-refractivity contribution is 6.65. The number of aromatic nitrogens is 1. The molecule has 1 aromatic heterocycles. The highest BCUT2D eigenvalue weighted by Crippen LogP contribution is 2.37. The first-order chi connectivity index (χ1) is 8.80. The van der Waals surface area contributed by atoms with Gasteiger partial charge in [-0.05, 0) is 45.9 Å². The minimum Gasteiger partial charge on any atom is -0.399 e. The van der Waals surface area contributed by atoms with E-state index in [0.29, 0.717) is 5.02 Å². The van der Waals surface area contributed by atoms with E-state index in [9.17, 15) is 0 Å². The maximum absolute atomic E-state index is 6.07. The van der Waals surface area contributed by atoms with E-state index in [2.05, 4.69) is 32.7 Å². The number of halogens is 1. The summed E-state index contributed by atoms with van der Waals surface area (Å²) in [6.45, 7) is 8.20. The predicted molar refractivity (Wildman–Crippen MR) is 79.0 cm³/mol. The van der Waals surface area contributed by atoms with E-state index >= 15 is 0 Å². The van der Waals surface area contributed by atoms with E-state index in [1.165, 1.54) is 0 Å². The third-order valence-electron chi connectivity index (χ3n) is 4.18. The second-order valence-electron chi connectivity index (χ2n) is 6.02. The van der Waals surface area contributed by atoms with Crippen LogP contribution in [0.15, 0.2) is 24.4 Å². The first kappa shape index (κ1) is 13.0. The number of hydrogen-bond acceptors (Lipinski definition) is 2. The summed E-state index contributed by atoms with van der Waals surface area (Å²) in [4.78, 5) is 3.23. The van der Waals surface area contributed by atoms with Crippen molar-refractivity contribution in [1.29, 1.82) is 0 Å². The van der Waals surface area contributed by atoms with Gasteiger partial charge in [-0.25, -0.2) is 0 Å². The van der Waals surface area contributed by atoms with E-state index in [0.717, 1.165) is 16.4 Å². The average molecular weight is 278 g/mol. The molecule has 1 aromatic carbocycles. The van der Waals surface area contributed by atoms with Gasteiger partial charge in [0.1, 0.15) is 0 Å². The van der Waals surface area contributed by atoms with Crippen molar-refractivity contribution in [2.75, 3.05) is 0 Å². The molecule has 100 valence electrons. The first-order valence-electron chi connectivity index (χ1n) is 6.42. The maximum Gasteiger partial charge on any atom is 0.497 e. The van der Waals surface area contributed by atoms with E-state index in [1.807, 2.05) is 24.4 Å². The molecule has 0 spiro atoms. The van der Waals surface area contributed by atoms with Crippen molar-refractivity contribution in [2.24, 2.45) is 0 Å². The SMILES string of the molecule is CC1(C)OB(c2c[nH]c3ccc(Cl)cc23)OC1(C)C. The second-order valence-corrected chi connectivity index (χ2v) is 6.46. The molecule has 3 nitrogen and oxygen atoms in total. The van der Waals surface area contributed by atoms with Crippen molar-refractivity contribution in [2.45, 2.75) is 38.9 Å². The van der Waals surface area contributed by atoms with Gasteiger partial charge in [0.25, 0.3) is 0 Å². The Labute approximate surface area is 118 Å². The number of H-pyrrole nitrogens is 1. The maximum atomic E-state index is 6.07. The lowest BCUT2D eigenvalue weighted by Crippen LogP contribution is -2.41. The van der Waals surface area contributed by atoms with Crippen LogP contribution in [0.3, 0.4) is 0 Å². The van der Waals surface area contributed by atoms with Crippen molar-refractivity contribution in [1.82, 2.24) is 4.98 Å². The number of hydrogen-bond donors (Lipinski definition) is 1. The fraction of sp³-hybridized carbons (Fsp3) is 0.429. The van der Waals surface area contributed by atoms with Gasteiger partial charge >= 0.3 is 7.12 Å². The van der Waals surface area contributed by atoms with Crippen LogP contribution < -0.4 is 5.46 Å². The van der Waals surface area contributed by atoms with Gasteiger partial charge in [-0.2, -0.15) is 0 Å². The van der Waals surface area contributed by atoms with Crippen LogP contribution in [0, 0.1) is 0 Å². The molecule has 19 heavy (non-hydrogen) atoms. The molecule has 0 radical (unpaired) electrons. The molecule has 0 aliphatic carbocycles. The lowest BCUT2D eigenvalue weighted by atomic mass is 9.79. The topological polar surface area (TPSA) is 34.2 Å². The van der Waals surface area contributed by atoms with Crippen molar-refractivity contribution < 1.29 is 9.31 Å². The van der Waals surface area contributed by atoms with Crippen molar-refractivity contribution in [3.63, 3.8) is 0 Å². The minimum atomic E-state index is -0.364. The zero-order valence-electron chi connectivity index (χ0n) is 11.6. The molecule has 0 amide bonds. The monoisotopic (exact) mass is 277 g/mol. The Hall–Kier alpha value is -0.965. The van der Waals surface area contributed by atoms with Gasteiger partial charge in [0.05, 0.1) is 11.2 Å². The Bertz CT molecular complexity index is 619. The van der Waals surface area contributed by atoms with Crippen LogP contribution in [0.1, 0.15) is 27.7 Å². The molecule has 0 unspecified atom stereocenters. The average Bonchev–Trinajstić information content (AvgIpc) is 2.77. The summed E-state index contributed by atoms with van der Waals surface area (Å²) in [5.41, 5.74) is 1.37. The van der Waals surface area contributed by atoms with Gasteiger partial charge in [0, 0.05) is 27.6 Å². The molecule has 2 heterocycles. The van der Waals surface area contributed by atoms with Crippen molar-refractivity contribution in [3.8, 4) is 0 Å². The summed E-state index contributed by atoms with van der Waals surface area (Å²) < 4.78 is 12.1. The Kier molecular flexibility index (Phi) is 2.75. The highest BCUT2D eigenvalue weighted by atomic mass is 35.5. The fourth-order valence-electron chi connectivity index (χ4n) is 2.28. The molecule has 0 saturated carbocycles. The van der Waals surface area contributed by atoms with Crippen LogP contribution in [0.2, 0.25) is 5.02 Å². The van der Waals surface area contributed by atoms with Crippen molar-refractivity contribution in [3.05, 3.63) is 29.4 Å². The van der Waals surface area contributed by atoms with Crippen LogP contribution in [-0.2, 0) is 9.31 Å².